The van der Waals surface area contributed by atoms with Crippen molar-refractivity contribution in [3.63, 3.8) is 0 Å². The van der Waals surface area contributed by atoms with Crippen LogP contribution in [-0.2, 0) is 16.8 Å². The third-order valence-corrected chi connectivity index (χ3v) is 5.17. The van der Waals surface area contributed by atoms with E-state index in [9.17, 15) is 4.79 Å². The molecule has 0 saturated carbocycles. The van der Waals surface area contributed by atoms with Crippen molar-refractivity contribution in [2.24, 2.45) is 0 Å². The van der Waals surface area contributed by atoms with Crippen molar-refractivity contribution >= 4 is 17.3 Å². The van der Waals surface area contributed by atoms with Crippen LogP contribution in [0, 0.1) is 0 Å². The molecule has 1 aliphatic rings. The minimum absolute atomic E-state index is 0.0596. The van der Waals surface area contributed by atoms with Crippen LogP contribution in [0.15, 0.2) is 35.7 Å². The Morgan fingerprint density at radius 2 is 2.26 bits per heavy atom. The number of carboxylic acid groups (broad SMARTS) is 1. The molecule has 1 atom stereocenters. The van der Waals surface area contributed by atoms with Gasteiger partial charge >= 0.3 is 5.97 Å². The van der Waals surface area contributed by atoms with Gasteiger partial charge in [-0.2, -0.15) is 0 Å². The van der Waals surface area contributed by atoms with E-state index < -0.39 is 5.97 Å². The third kappa shape index (κ3) is 3.57. The highest BCUT2D eigenvalue weighted by atomic mass is 32.1. The second-order valence-electron chi connectivity index (χ2n) is 6.55. The summed E-state index contributed by atoms with van der Waals surface area (Å²) in [6.45, 7) is 5.68. The number of hydrogen-bond acceptors (Lipinski definition) is 4. The lowest BCUT2D eigenvalue weighted by Crippen LogP contribution is -2.22. The highest BCUT2D eigenvalue weighted by Gasteiger charge is 2.31. The second-order valence-corrected chi connectivity index (χ2v) is 7.53. The Balaban J connectivity index is 1.71. The number of aliphatic carboxylic acids is 1. The summed E-state index contributed by atoms with van der Waals surface area (Å²) in [5.41, 5.74) is 2.40. The number of ether oxygens (including phenoxy) is 1. The maximum atomic E-state index is 11.1. The number of benzene rings is 1. The van der Waals surface area contributed by atoms with Crippen LogP contribution in [0.25, 0.3) is 0 Å². The number of hydrogen-bond donors (Lipinski definition) is 2. The zero-order valence-electron chi connectivity index (χ0n) is 13.3. The zero-order valence-corrected chi connectivity index (χ0v) is 14.2. The normalized spacial score (nSPS) is 16.6. The third-order valence-electron chi connectivity index (χ3n) is 4.18. The Labute approximate surface area is 140 Å². The van der Waals surface area contributed by atoms with Crippen LogP contribution in [-0.4, -0.2) is 17.7 Å². The van der Waals surface area contributed by atoms with E-state index in [4.69, 9.17) is 9.84 Å². The minimum Gasteiger partial charge on any atom is -0.492 e. The fourth-order valence-electron chi connectivity index (χ4n) is 2.87. The predicted octanol–water partition coefficient (Wildman–Crippen LogP) is 3.72. The van der Waals surface area contributed by atoms with Gasteiger partial charge in [0.25, 0.3) is 0 Å². The molecule has 1 unspecified atom stereocenters. The molecule has 5 heteroatoms. The van der Waals surface area contributed by atoms with Crippen molar-refractivity contribution in [3.8, 4) is 5.75 Å². The molecule has 122 valence electrons. The minimum atomic E-state index is -0.796. The van der Waals surface area contributed by atoms with Crippen LogP contribution in [0.3, 0.4) is 0 Å². The van der Waals surface area contributed by atoms with Gasteiger partial charge < -0.3 is 15.2 Å². The van der Waals surface area contributed by atoms with E-state index in [2.05, 4.69) is 37.4 Å². The van der Waals surface area contributed by atoms with Crippen molar-refractivity contribution in [1.29, 1.82) is 0 Å². The summed E-state index contributed by atoms with van der Waals surface area (Å²) in [6, 6.07) is 10.0. The molecule has 0 radical (unpaired) electrons. The number of carbonyl (C=O) groups is 1. The molecule has 0 amide bonds. The molecule has 0 bridgehead atoms. The van der Waals surface area contributed by atoms with Gasteiger partial charge in [-0.05, 0) is 23.1 Å². The van der Waals surface area contributed by atoms with Crippen LogP contribution in [0.5, 0.6) is 5.75 Å². The molecule has 0 fully saturated rings. The molecule has 1 aromatic heterocycles. The Morgan fingerprint density at radius 1 is 1.43 bits per heavy atom. The first kappa shape index (κ1) is 16.0. The van der Waals surface area contributed by atoms with Gasteiger partial charge in [0.05, 0.1) is 19.1 Å². The second kappa shape index (κ2) is 6.34. The average Bonchev–Trinajstić information content (AvgIpc) is 3.12. The number of nitrogens with one attached hydrogen (secondary N) is 1. The SMILES string of the molecule is CC1(C)COc2cc(CNC(CC(=O)O)c3cccs3)ccc21. The van der Waals surface area contributed by atoms with E-state index in [1.165, 1.54) is 5.56 Å². The molecule has 2 N–H and O–H groups in total. The van der Waals surface area contributed by atoms with Crippen LogP contribution < -0.4 is 10.1 Å². The molecular weight excluding hydrogens is 310 g/mol. The molecule has 3 rings (SSSR count). The van der Waals surface area contributed by atoms with E-state index in [0.29, 0.717) is 13.2 Å². The molecule has 0 saturated heterocycles. The van der Waals surface area contributed by atoms with Gasteiger partial charge in [0, 0.05) is 22.4 Å². The topological polar surface area (TPSA) is 58.6 Å². The van der Waals surface area contributed by atoms with Crippen LogP contribution >= 0.6 is 11.3 Å². The van der Waals surface area contributed by atoms with E-state index >= 15 is 0 Å². The average molecular weight is 331 g/mol. The monoisotopic (exact) mass is 331 g/mol. The van der Waals surface area contributed by atoms with Crippen molar-refractivity contribution in [1.82, 2.24) is 5.32 Å². The maximum Gasteiger partial charge on any atom is 0.305 e. The van der Waals surface area contributed by atoms with Crippen molar-refractivity contribution in [2.45, 2.75) is 38.3 Å². The van der Waals surface area contributed by atoms with Gasteiger partial charge in [-0.3, -0.25) is 4.79 Å². The van der Waals surface area contributed by atoms with E-state index in [1.807, 2.05) is 17.5 Å². The molecule has 4 nitrogen and oxygen atoms in total. The molecule has 2 heterocycles. The van der Waals surface area contributed by atoms with Crippen LogP contribution in [0.4, 0.5) is 0 Å². The summed E-state index contributed by atoms with van der Waals surface area (Å²) in [4.78, 5) is 12.1. The Kier molecular flexibility index (Phi) is 4.41. The summed E-state index contributed by atoms with van der Waals surface area (Å²) < 4.78 is 5.78. The lowest BCUT2D eigenvalue weighted by Gasteiger charge is -2.17. The van der Waals surface area contributed by atoms with Gasteiger partial charge in [0.2, 0.25) is 0 Å². The van der Waals surface area contributed by atoms with Gasteiger partial charge in [-0.25, -0.2) is 0 Å². The molecule has 0 spiro atoms. The van der Waals surface area contributed by atoms with Crippen molar-refractivity contribution < 1.29 is 14.6 Å². The molecule has 1 aliphatic heterocycles. The zero-order chi connectivity index (χ0) is 16.4. The highest BCUT2D eigenvalue weighted by Crippen LogP contribution is 2.38. The van der Waals surface area contributed by atoms with E-state index in [0.717, 1.165) is 16.2 Å². The maximum absolute atomic E-state index is 11.1. The first-order valence-electron chi connectivity index (χ1n) is 7.70. The van der Waals surface area contributed by atoms with Gasteiger partial charge in [0.1, 0.15) is 5.75 Å². The molecule has 23 heavy (non-hydrogen) atoms. The van der Waals surface area contributed by atoms with Gasteiger partial charge in [-0.15, -0.1) is 11.3 Å². The molecule has 0 aliphatic carbocycles. The standard InChI is InChI=1S/C18H21NO3S/c1-18(2)11-22-15-8-12(5-6-13(15)18)10-19-14(9-17(20)21)16-4-3-7-23-16/h3-8,14,19H,9-11H2,1-2H3,(H,20,21). The largest absolute Gasteiger partial charge is 0.492 e. The first-order chi connectivity index (χ1) is 11.0. The predicted molar refractivity (Wildman–Crippen MR) is 91.1 cm³/mol. The Morgan fingerprint density at radius 3 is 2.96 bits per heavy atom. The Hall–Kier alpha value is -1.85. The van der Waals surface area contributed by atoms with Gasteiger partial charge in [0.15, 0.2) is 0 Å². The first-order valence-corrected chi connectivity index (χ1v) is 8.58. The molecular formula is C18H21NO3S. The number of fused-ring (bicyclic) bond motifs is 1. The van der Waals surface area contributed by atoms with Crippen molar-refractivity contribution in [3.05, 3.63) is 51.7 Å². The molecule has 1 aromatic carbocycles. The smallest absolute Gasteiger partial charge is 0.305 e. The Bertz CT molecular complexity index is 694. The summed E-state index contributed by atoms with van der Waals surface area (Å²) in [6.07, 6.45) is 0.0784. The van der Waals surface area contributed by atoms with Crippen molar-refractivity contribution in [2.75, 3.05) is 6.61 Å². The number of carboxylic acids is 1. The summed E-state index contributed by atoms with van der Waals surface area (Å²) in [7, 11) is 0. The van der Waals surface area contributed by atoms with E-state index in [-0.39, 0.29) is 17.9 Å². The number of thiophene rings is 1. The number of rotatable bonds is 6. The summed E-state index contributed by atoms with van der Waals surface area (Å²) in [5, 5.41) is 14.4. The summed E-state index contributed by atoms with van der Waals surface area (Å²) >= 11 is 1.58. The fraction of sp³-hybridized carbons (Fsp3) is 0.389. The van der Waals surface area contributed by atoms with Crippen LogP contribution in [0.1, 0.15) is 42.3 Å². The fourth-order valence-corrected chi connectivity index (χ4v) is 3.67. The van der Waals surface area contributed by atoms with Crippen LogP contribution in [0.2, 0.25) is 0 Å². The summed E-state index contributed by atoms with van der Waals surface area (Å²) in [5.74, 6) is 0.148. The van der Waals surface area contributed by atoms with E-state index in [1.54, 1.807) is 11.3 Å². The lowest BCUT2D eigenvalue weighted by molar-refractivity contribution is -0.137. The highest BCUT2D eigenvalue weighted by molar-refractivity contribution is 7.10. The molecule has 2 aromatic rings. The quantitative estimate of drug-likeness (QED) is 0.847. The van der Waals surface area contributed by atoms with Gasteiger partial charge in [-0.1, -0.05) is 32.0 Å². The lowest BCUT2D eigenvalue weighted by atomic mass is 9.86.